The zero-order valence-corrected chi connectivity index (χ0v) is 13.9. The van der Waals surface area contributed by atoms with E-state index in [1.165, 1.54) is 0 Å². The lowest BCUT2D eigenvalue weighted by Crippen LogP contribution is -2.22. The van der Waals surface area contributed by atoms with Crippen LogP contribution < -0.4 is 10.6 Å². The average Bonchev–Trinajstić information content (AvgIpc) is 3.02. The summed E-state index contributed by atoms with van der Waals surface area (Å²) in [6.45, 7) is 2.06. The molecule has 0 saturated carbocycles. The van der Waals surface area contributed by atoms with Gasteiger partial charge in [-0.2, -0.15) is 0 Å². The third-order valence-corrected chi connectivity index (χ3v) is 4.69. The van der Waals surface area contributed by atoms with E-state index in [-0.39, 0.29) is 11.8 Å². The summed E-state index contributed by atoms with van der Waals surface area (Å²) in [4.78, 5) is 19.6. The molecule has 1 amide bonds. The van der Waals surface area contributed by atoms with Gasteiger partial charge in [-0.05, 0) is 30.2 Å². The maximum atomic E-state index is 12.4. The number of nitrogens with one attached hydrogen (secondary N) is 1. The van der Waals surface area contributed by atoms with E-state index >= 15 is 0 Å². The van der Waals surface area contributed by atoms with Gasteiger partial charge in [-0.25, -0.2) is 4.99 Å². The highest BCUT2D eigenvalue weighted by atomic mass is 79.9. The number of nitrogens with zero attached hydrogens (tertiary/aromatic N) is 1. The second kappa shape index (κ2) is 5.06. The molecule has 0 unspecified atom stereocenters. The third kappa shape index (κ3) is 2.04. The minimum atomic E-state index is -0.323. The number of rotatable bonds is 2. The van der Waals surface area contributed by atoms with Crippen LogP contribution in [0, 0.1) is 0 Å². The zero-order valence-electron chi connectivity index (χ0n) is 12.4. The molecule has 2 heterocycles. The van der Waals surface area contributed by atoms with Crippen LogP contribution in [0.2, 0.25) is 0 Å². The number of benzene rings is 2. The van der Waals surface area contributed by atoms with Gasteiger partial charge in [-0.1, -0.05) is 41.1 Å². The van der Waals surface area contributed by atoms with E-state index in [2.05, 4.69) is 32.8 Å². The molecule has 0 atom stereocenters. The lowest BCUT2D eigenvalue weighted by molar-refractivity contribution is -0.112. The number of aryl methyl sites for hydroxylation is 1. The molecule has 3 aromatic rings. The second-order valence-electron chi connectivity index (χ2n) is 5.50. The predicted molar refractivity (Wildman–Crippen MR) is 91.8 cm³/mol. The number of para-hydroxylation sites is 1. The van der Waals surface area contributed by atoms with Crippen LogP contribution in [0.1, 0.15) is 18.1 Å². The fourth-order valence-corrected chi connectivity index (χ4v) is 3.50. The van der Waals surface area contributed by atoms with Crippen LogP contribution in [0.3, 0.4) is 0 Å². The number of aromatic hydroxyl groups is 1. The summed E-state index contributed by atoms with van der Waals surface area (Å²) in [7, 11) is 0. The Morgan fingerprint density at radius 3 is 2.87 bits per heavy atom. The molecule has 0 fully saturated rings. The molecule has 0 aliphatic carbocycles. The molecule has 114 valence electrons. The number of aromatic nitrogens is 1. The molecule has 0 saturated heterocycles. The van der Waals surface area contributed by atoms with Gasteiger partial charge in [0.25, 0.3) is 5.91 Å². The highest BCUT2D eigenvalue weighted by molar-refractivity contribution is 9.10. The summed E-state index contributed by atoms with van der Waals surface area (Å²) in [6, 6.07) is 11.4. The Labute approximate surface area is 140 Å². The van der Waals surface area contributed by atoms with Crippen molar-refractivity contribution >= 4 is 38.3 Å². The molecule has 1 aliphatic heterocycles. The molecule has 1 aromatic heterocycles. The number of carbonyl (C=O) groups excluding carboxylic acids is 1. The smallest absolute Gasteiger partial charge is 0.279 e. The normalized spacial score (nSPS) is 13.5. The first kappa shape index (κ1) is 14.2. The van der Waals surface area contributed by atoms with Crippen LogP contribution in [0.5, 0.6) is 5.88 Å². The van der Waals surface area contributed by atoms with Crippen molar-refractivity contribution in [1.82, 2.24) is 4.98 Å². The van der Waals surface area contributed by atoms with Gasteiger partial charge in [0.05, 0.1) is 22.0 Å². The third-order valence-electron chi connectivity index (χ3n) is 4.19. The summed E-state index contributed by atoms with van der Waals surface area (Å²) >= 11 is 3.43. The van der Waals surface area contributed by atoms with E-state index in [4.69, 9.17) is 0 Å². The number of H-pyrrole nitrogens is 1. The van der Waals surface area contributed by atoms with Crippen LogP contribution in [0.25, 0.3) is 16.5 Å². The number of aromatic amines is 1. The van der Waals surface area contributed by atoms with E-state index in [0.29, 0.717) is 16.5 Å². The van der Waals surface area contributed by atoms with E-state index in [1.54, 1.807) is 6.07 Å². The van der Waals surface area contributed by atoms with E-state index < -0.39 is 0 Å². The first-order valence-electron chi connectivity index (χ1n) is 7.36. The molecule has 1 aliphatic rings. The fourth-order valence-electron chi connectivity index (χ4n) is 3.14. The van der Waals surface area contributed by atoms with Crippen molar-refractivity contribution < 1.29 is 9.90 Å². The lowest BCUT2D eigenvalue weighted by Gasteiger charge is -2.01. The minimum absolute atomic E-state index is 0.00674. The maximum absolute atomic E-state index is 12.4. The summed E-state index contributed by atoms with van der Waals surface area (Å²) in [6.07, 6.45) is 0.840. The Balaban J connectivity index is 2.15. The molecule has 0 bridgehead atoms. The van der Waals surface area contributed by atoms with Gasteiger partial charge in [0.15, 0.2) is 5.88 Å². The Bertz CT molecular complexity index is 1100. The monoisotopic (exact) mass is 368 g/mol. The quantitative estimate of drug-likeness (QED) is 0.729. The first-order valence-corrected chi connectivity index (χ1v) is 8.15. The average molecular weight is 369 g/mol. The Morgan fingerprint density at radius 1 is 1.26 bits per heavy atom. The highest BCUT2D eigenvalue weighted by Gasteiger charge is 2.25. The number of hydrogen-bond donors (Lipinski definition) is 2. The van der Waals surface area contributed by atoms with E-state index in [9.17, 15) is 9.90 Å². The molecule has 4 nitrogen and oxygen atoms in total. The van der Waals surface area contributed by atoms with Crippen molar-refractivity contribution in [2.45, 2.75) is 13.3 Å². The highest BCUT2D eigenvalue weighted by Crippen LogP contribution is 2.34. The van der Waals surface area contributed by atoms with Gasteiger partial charge in [-0.3, -0.25) is 4.79 Å². The standard InChI is InChI=1S/C18H13BrN2O2/c1-2-9-4-3-5-11-14(18(23)21-16(9)11)15-12-8-10(19)6-7-13(12)20-17(15)22/h3-8,21,23H,2H2,1H3. The molecule has 0 radical (unpaired) electrons. The molecular formula is C18H13BrN2O2. The first-order chi connectivity index (χ1) is 11.1. The van der Waals surface area contributed by atoms with Gasteiger partial charge in [0.1, 0.15) is 0 Å². The van der Waals surface area contributed by atoms with Crippen molar-refractivity contribution in [3.8, 4) is 5.88 Å². The Kier molecular flexibility index (Phi) is 3.13. The van der Waals surface area contributed by atoms with Gasteiger partial charge >= 0.3 is 0 Å². The van der Waals surface area contributed by atoms with Crippen molar-refractivity contribution in [3.05, 3.63) is 62.6 Å². The van der Waals surface area contributed by atoms with Gasteiger partial charge in [0, 0.05) is 15.1 Å². The Hall–Kier alpha value is -2.40. The zero-order chi connectivity index (χ0) is 16.1. The summed E-state index contributed by atoms with van der Waals surface area (Å²) in [5, 5.41) is 12.7. The van der Waals surface area contributed by atoms with Crippen molar-refractivity contribution in [1.29, 1.82) is 0 Å². The fraction of sp³-hybridized carbons (Fsp3) is 0.111. The minimum Gasteiger partial charge on any atom is -0.494 e. The largest absolute Gasteiger partial charge is 0.494 e. The SMILES string of the molecule is CCc1cccc2c(C3=c4cc(Br)ccc4=NC3=O)c(O)[nH]c12. The van der Waals surface area contributed by atoms with Crippen LogP contribution in [-0.2, 0) is 11.2 Å². The Morgan fingerprint density at radius 2 is 2.09 bits per heavy atom. The number of carbonyl (C=O) groups is 1. The van der Waals surface area contributed by atoms with Crippen molar-refractivity contribution in [2.24, 2.45) is 4.99 Å². The lowest BCUT2D eigenvalue weighted by atomic mass is 10.00. The number of halogens is 1. The van der Waals surface area contributed by atoms with Crippen molar-refractivity contribution in [3.63, 3.8) is 0 Å². The molecule has 4 rings (SSSR count). The number of amides is 1. The van der Waals surface area contributed by atoms with Crippen molar-refractivity contribution in [2.75, 3.05) is 0 Å². The van der Waals surface area contributed by atoms with Crippen LogP contribution in [0.15, 0.2) is 45.9 Å². The van der Waals surface area contributed by atoms with Crippen LogP contribution in [0.4, 0.5) is 0 Å². The van der Waals surface area contributed by atoms with E-state index in [0.717, 1.165) is 32.6 Å². The van der Waals surface area contributed by atoms with Gasteiger partial charge in [-0.15, -0.1) is 0 Å². The number of hydrogen-bond acceptors (Lipinski definition) is 2. The number of fused-ring (bicyclic) bond motifs is 2. The summed E-state index contributed by atoms with van der Waals surface area (Å²) in [5.74, 6) is -0.316. The molecular weight excluding hydrogens is 356 g/mol. The summed E-state index contributed by atoms with van der Waals surface area (Å²) < 4.78 is 0.868. The summed E-state index contributed by atoms with van der Waals surface area (Å²) in [5.41, 5.74) is 2.94. The molecule has 2 N–H and O–H groups in total. The van der Waals surface area contributed by atoms with Gasteiger partial charge in [0.2, 0.25) is 0 Å². The molecule has 2 aromatic carbocycles. The molecule has 23 heavy (non-hydrogen) atoms. The molecule has 0 spiro atoms. The van der Waals surface area contributed by atoms with Crippen LogP contribution in [-0.4, -0.2) is 16.0 Å². The topological polar surface area (TPSA) is 65.4 Å². The molecule has 5 heteroatoms. The second-order valence-corrected chi connectivity index (χ2v) is 6.41. The van der Waals surface area contributed by atoms with Gasteiger partial charge < -0.3 is 10.1 Å². The van der Waals surface area contributed by atoms with E-state index in [1.807, 2.05) is 30.3 Å². The van der Waals surface area contributed by atoms with Crippen LogP contribution >= 0.6 is 15.9 Å². The maximum Gasteiger partial charge on any atom is 0.279 e. The predicted octanol–water partition coefficient (Wildman–Crippen LogP) is 2.56.